The standard InChI is InChI=1S/C15H16O2/c1-2-16-12-6-7-13-17-14-8-11-15-9-4-3-5-10-15/h3-5,9-10H,2,12-14H2,1H3. The molecule has 0 saturated carbocycles. The molecular weight excluding hydrogens is 212 g/mol. The second kappa shape index (κ2) is 9.48. The fourth-order valence-corrected chi connectivity index (χ4v) is 1.07. The molecule has 1 aromatic carbocycles. The maximum absolute atomic E-state index is 5.23. The molecule has 0 aromatic heterocycles. The van der Waals surface area contributed by atoms with Gasteiger partial charge in [-0.2, -0.15) is 0 Å². The lowest BCUT2D eigenvalue weighted by atomic mass is 10.2. The van der Waals surface area contributed by atoms with E-state index in [1.54, 1.807) is 0 Å². The molecule has 88 valence electrons. The van der Waals surface area contributed by atoms with Gasteiger partial charge in [0, 0.05) is 12.2 Å². The van der Waals surface area contributed by atoms with Crippen molar-refractivity contribution in [1.29, 1.82) is 0 Å². The van der Waals surface area contributed by atoms with Crippen LogP contribution in [0.15, 0.2) is 30.3 Å². The largest absolute Gasteiger partial charge is 0.369 e. The Labute approximate surface area is 103 Å². The molecule has 2 heteroatoms. The molecule has 0 unspecified atom stereocenters. The van der Waals surface area contributed by atoms with Crippen molar-refractivity contribution < 1.29 is 9.47 Å². The van der Waals surface area contributed by atoms with Gasteiger partial charge in [0.05, 0.1) is 0 Å². The third kappa shape index (κ3) is 7.19. The maximum atomic E-state index is 5.23. The molecule has 0 aliphatic carbocycles. The minimum atomic E-state index is 0.399. The number of hydrogen-bond donors (Lipinski definition) is 0. The lowest BCUT2D eigenvalue weighted by Gasteiger charge is -1.91. The van der Waals surface area contributed by atoms with Crippen molar-refractivity contribution >= 4 is 0 Å². The zero-order valence-electron chi connectivity index (χ0n) is 10.0. The van der Waals surface area contributed by atoms with Crippen LogP contribution in [0.5, 0.6) is 0 Å². The highest BCUT2D eigenvalue weighted by Gasteiger charge is 1.81. The first kappa shape index (κ1) is 13.3. The average Bonchev–Trinajstić information content (AvgIpc) is 2.38. The highest BCUT2D eigenvalue weighted by atomic mass is 16.5. The maximum Gasteiger partial charge on any atom is 0.109 e. The van der Waals surface area contributed by atoms with Gasteiger partial charge in [-0.05, 0) is 19.1 Å². The molecule has 0 atom stereocenters. The molecule has 0 heterocycles. The van der Waals surface area contributed by atoms with E-state index < -0.39 is 0 Å². The predicted molar refractivity (Wildman–Crippen MR) is 68.4 cm³/mol. The van der Waals surface area contributed by atoms with E-state index in [0.29, 0.717) is 26.4 Å². The molecule has 0 spiro atoms. The average molecular weight is 228 g/mol. The molecule has 0 saturated heterocycles. The minimum Gasteiger partial charge on any atom is -0.369 e. The van der Waals surface area contributed by atoms with Gasteiger partial charge in [0.1, 0.15) is 19.8 Å². The second-order valence-corrected chi connectivity index (χ2v) is 3.15. The van der Waals surface area contributed by atoms with Gasteiger partial charge in [0.15, 0.2) is 0 Å². The van der Waals surface area contributed by atoms with Crippen LogP contribution < -0.4 is 0 Å². The molecule has 0 aliphatic heterocycles. The smallest absolute Gasteiger partial charge is 0.109 e. The second-order valence-electron chi connectivity index (χ2n) is 3.15. The molecule has 1 rings (SSSR count). The van der Waals surface area contributed by atoms with Gasteiger partial charge in [-0.3, -0.25) is 0 Å². The summed E-state index contributed by atoms with van der Waals surface area (Å²) in [7, 11) is 0. The van der Waals surface area contributed by atoms with Crippen LogP contribution in [0.3, 0.4) is 0 Å². The van der Waals surface area contributed by atoms with Crippen LogP contribution in [0.1, 0.15) is 12.5 Å². The molecule has 2 nitrogen and oxygen atoms in total. The highest BCUT2D eigenvalue weighted by molar-refractivity contribution is 5.33. The van der Waals surface area contributed by atoms with E-state index in [1.807, 2.05) is 37.3 Å². The Balaban J connectivity index is 2.12. The van der Waals surface area contributed by atoms with Gasteiger partial charge in [-0.15, -0.1) is 0 Å². The molecule has 0 aliphatic rings. The summed E-state index contributed by atoms with van der Waals surface area (Å²) in [6, 6.07) is 9.83. The Morgan fingerprint density at radius 2 is 1.53 bits per heavy atom. The minimum absolute atomic E-state index is 0.399. The zero-order chi connectivity index (χ0) is 12.2. The molecule has 17 heavy (non-hydrogen) atoms. The Hall–Kier alpha value is -1.74. The first-order chi connectivity index (χ1) is 8.43. The summed E-state index contributed by atoms with van der Waals surface area (Å²) in [6.45, 7) is 3.90. The van der Waals surface area contributed by atoms with Crippen LogP contribution >= 0.6 is 0 Å². The van der Waals surface area contributed by atoms with E-state index >= 15 is 0 Å². The molecule has 0 amide bonds. The van der Waals surface area contributed by atoms with Crippen LogP contribution in [-0.4, -0.2) is 26.4 Å². The normalized spacial score (nSPS) is 8.76. The van der Waals surface area contributed by atoms with Gasteiger partial charge < -0.3 is 9.47 Å². The number of rotatable bonds is 4. The SMILES string of the molecule is CCOCC#CCOCC#Cc1ccccc1. The molecule has 0 N–H and O–H groups in total. The van der Waals surface area contributed by atoms with Crippen molar-refractivity contribution in [2.45, 2.75) is 6.92 Å². The van der Waals surface area contributed by atoms with E-state index in [1.165, 1.54) is 0 Å². The van der Waals surface area contributed by atoms with Crippen LogP contribution in [-0.2, 0) is 9.47 Å². The first-order valence-corrected chi connectivity index (χ1v) is 5.58. The van der Waals surface area contributed by atoms with E-state index in [2.05, 4.69) is 23.7 Å². The Bertz CT molecular complexity index is 415. The van der Waals surface area contributed by atoms with E-state index in [9.17, 15) is 0 Å². The number of hydrogen-bond acceptors (Lipinski definition) is 2. The summed E-state index contributed by atoms with van der Waals surface area (Å²) >= 11 is 0. The third-order valence-electron chi connectivity index (χ3n) is 1.86. The molecule has 0 fully saturated rings. The van der Waals surface area contributed by atoms with Gasteiger partial charge in [0.25, 0.3) is 0 Å². The quantitative estimate of drug-likeness (QED) is 0.580. The van der Waals surface area contributed by atoms with Gasteiger partial charge in [0.2, 0.25) is 0 Å². The van der Waals surface area contributed by atoms with Crippen molar-refractivity contribution in [3.8, 4) is 23.7 Å². The zero-order valence-corrected chi connectivity index (χ0v) is 10.0. The predicted octanol–water partition coefficient (Wildman–Crippen LogP) is 2.09. The summed E-state index contributed by atoms with van der Waals surface area (Å²) in [6.07, 6.45) is 0. The van der Waals surface area contributed by atoms with Gasteiger partial charge in [-0.25, -0.2) is 0 Å². The van der Waals surface area contributed by atoms with Crippen molar-refractivity contribution in [1.82, 2.24) is 0 Å². The van der Waals surface area contributed by atoms with Crippen LogP contribution in [0.25, 0.3) is 0 Å². The topological polar surface area (TPSA) is 18.5 Å². The van der Waals surface area contributed by atoms with E-state index in [4.69, 9.17) is 9.47 Å². The van der Waals surface area contributed by atoms with Gasteiger partial charge >= 0.3 is 0 Å². The fraction of sp³-hybridized carbons (Fsp3) is 0.333. The molecule has 1 aromatic rings. The van der Waals surface area contributed by atoms with Gasteiger partial charge in [-0.1, -0.05) is 41.9 Å². The summed E-state index contributed by atoms with van der Waals surface area (Å²) in [5.41, 5.74) is 0.999. The fourth-order valence-electron chi connectivity index (χ4n) is 1.07. The van der Waals surface area contributed by atoms with Crippen molar-refractivity contribution in [3.05, 3.63) is 35.9 Å². The Morgan fingerprint density at radius 1 is 0.882 bits per heavy atom. The highest BCUT2D eigenvalue weighted by Crippen LogP contribution is 1.94. The Kier molecular flexibility index (Phi) is 7.43. The lowest BCUT2D eigenvalue weighted by molar-refractivity contribution is 0.181. The first-order valence-electron chi connectivity index (χ1n) is 5.58. The van der Waals surface area contributed by atoms with Crippen molar-refractivity contribution in [2.24, 2.45) is 0 Å². The molecule has 0 bridgehead atoms. The van der Waals surface area contributed by atoms with E-state index in [-0.39, 0.29) is 0 Å². The third-order valence-corrected chi connectivity index (χ3v) is 1.86. The van der Waals surface area contributed by atoms with Crippen LogP contribution in [0.4, 0.5) is 0 Å². The van der Waals surface area contributed by atoms with Crippen molar-refractivity contribution in [3.63, 3.8) is 0 Å². The monoisotopic (exact) mass is 228 g/mol. The number of benzene rings is 1. The summed E-state index contributed by atoms with van der Waals surface area (Å²) < 4.78 is 10.3. The van der Waals surface area contributed by atoms with Crippen molar-refractivity contribution in [2.75, 3.05) is 26.4 Å². The number of ether oxygens (including phenoxy) is 2. The van der Waals surface area contributed by atoms with Crippen LogP contribution in [0, 0.1) is 23.7 Å². The Morgan fingerprint density at radius 3 is 2.24 bits per heavy atom. The van der Waals surface area contributed by atoms with Crippen LogP contribution in [0.2, 0.25) is 0 Å². The lowest BCUT2D eigenvalue weighted by Crippen LogP contribution is -1.93. The summed E-state index contributed by atoms with van der Waals surface area (Å²) in [4.78, 5) is 0. The summed E-state index contributed by atoms with van der Waals surface area (Å²) in [5.74, 6) is 11.6. The molecule has 0 radical (unpaired) electrons. The molecular formula is C15H16O2. The van der Waals surface area contributed by atoms with E-state index in [0.717, 1.165) is 5.56 Å². The summed E-state index contributed by atoms with van der Waals surface area (Å²) in [5, 5.41) is 0.